The van der Waals surface area contributed by atoms with Gasteiger partial charge in [0.1, 0.15) is 18.2 Å². The number of amides is 2. The number of aromatic nitrogens is 1. The number of methoxy groups -OCH3 is 1. The van der Waals surface area contributed by atoms with Crippen molar-refractivity contribution in [3.63, 3.8) is 0 Å². The first-order chi connectivity index (χ1) is 20.3. The minimum atomic E-state index is -3.91. The molecule has 0 unspecified atom stereocenters. The number of ether oxygens (including phenoxy) is 2. The number of carbonyl (C=O) groups is 3. The van der Waals surface area contributed by atoms with E-state index in [4.69, 9.17) is 15.2 Å². The number of carbonyl (C=O) groups excluding carboxylic acids is 2. The van der Waals surface area contributed by atoms with Gasteiger partial charge in [-0.05, 0) is 61.9 Å². The Morgan fingerprint density at radius 3 is 2.53 bits per heavy atom. The third-order valence-electron chi connectivity index (χ3n) is 7.10. The standard InChI is InChI=1S/C29H31FN4O8S/c1-16(2)43(39,40)23-8-5-12-32-25(23)26-21(42-29(37)38)11-13-34(26)28(36)24(17-9-10-20(30)22(15-17)41-3)33-19-7-4-6-18(14-19)27(31)35/h4-10,12,14-16,21,24,26,33H,11,13H2,1-3H3,(H2,31,35)(H,37,38)/t21-,24-,26+/m1/s1. The second-order valence-corrected chi connectivity index (χ2v) is 12.6. The van der Waals surface area contributed by atoms with Gasteiger partial charge in [0.05, 0.1) is 22.9 Å². The van der Waals surface area contributed by atoms with Crippen LogP contribution in [0.4, 0.5) is 14.9 Å². The van der Waals surface area contributed by atoms with E-state index in [1.807, 2.05) is 0 Å². The predicted molar refractivity (Wildman–Crippen MR) is 153 cm³/mol. The highest BCUT2D eigenvalue weighted by molar-refractivity contribution is 7.92. The van der Waals surface area contributed by atoms with Gasteiger partial charge in [-0.25, -0.2) is 17.6 Å². The number of pyridine rings is 1. The Morgan fingerprint density at radius 1 is 1.14 bits per heavy atom. The van der Waals surface area contributed by atoms with Crippen LogP contribution in [0.2, 0.25) is 0 Å². The largest absolute Gasteiger partial charge is 0.506 e. The normalized spacial score (nSPS) is 17.4. The monoisotopic (exact) mass is 614 g/mol. The molecule has 4 rings (SSSR count). The van der Waals surface area contributed by atoms with Crippen molar-refractivity contribution in [3.8, 4) is 5.75 Å². The zero-order valence-corrected chi connectivity index (χ0v) is 24.4. The fourth-order valence-electron chi connectivity index (χ4n) is 4.95. The number of carboxylic acid groups (broad SMARTS) is 1. The SMILES string of the molecule is COc1cc([C@@H](Nc2cccc(C(N)=O)c2)C(=O)N2CC[C@@H](OC(=O)O)[C@H]2c2ncccc2S(=O)(=O)C(C)C)ccc1F. The first-order valence-corrected chi connectivity index (χ1v) is 14.8. The quantitative estimate of drug-likeness (QED) is 0.285. The van der Waals surface area contributed by atoms with Crippen LogP contribution in [0, 0.1) is 5.82 Å². The molecule has 0 saturated carbocycles. The van der Waals surface area contributed by atoms with Crippen LogP contribution in [0.3, 0.4) is 0 Å². The second kappa shape index (κ2) is 12.7. The van der Waals surface area contributed by atoms with Crippen LogP contribution in [0.25, 0.3) is 0 Å². The summed E-state index contributed by atoms with van der Waals surface area (Å²) in [6, 6.07) is 10.3. The van der Waals surface area contributed by atoms with Crippen LogP contribution in [0.1, 0.15) is 54.0 Å². The van der Waals surface area contributed by atoms with Crippen molar-refractivity contribution in [1.82, 2.24) is 9.88 Å². The summed E-state index contributed by atoms with van der Waals surface area (Å²) < 4.78 is 51.2. The summed E-state index contributed by atoms with van der Waals surface area (Å²) >= 11 is 0. The summed E-state index contributed by atoms with van der Waals surface area (Å²) in [4.78, 5) is 43.3. The molecule has 0 radical (unpaired) electrons. The molecular weight excluding hydrogens is 583 g/mol. The van der Waals surface area contributed by atoms with Gasteiger partial charge in [-0.1, -0.05) is 12.1 Å². The lowest BCUT2D eigenvalue weighted by Gasteiger charge is -2.32. The highest BCUT2D eigenvalue weighted by Crippen LogP contribution is 2.40. The Hall–Kier alpha value is -4.72. The molecule has 1 fully saturated rings. The number of hydrogen-bond acceptors (Lipinski definition) is 9. The fourth-order valence-corrected chi connectivity index (χ4v) is 6.19. The van der Waals surface area contributed by atoms with E-state index in [-0.39, 0.29) is 40.4 Å². The Morgan fingerprint density at radius 2 is 1.88 bits per heavy atom. The lowest BCUT2D eigenvalue weighted by atomic mass is 10.0. The number of likely N-dealkylation sites (tertiary alicyclic amines) is 1. The van der Waals surface area contributed by atoms with E-state index in [2.05, 4.69) is 10.3 Å². The van der Waals surface area contributed by atoms with Gasteiger partial charge in [-0.3, -0.25) is 14.6 Å². The molecule has 2 heterocycles. The second-order valence-electron chi connectivity index (χ2n) is 10.1. The fraction of sp³-hybridized carbons (Fsp3) is 0.310. The Bertz CT molecular complexity index is 1650. The van der Waals surface area contributed by atoms with E-state index in [1.54, 1.807) is 12.1 Å². The van der Waals surface area contributed by atoms with Crippen LogP contribution in [0.15, 0.2) is 65.7 Å². The van der Waals surface area contributed by atoms with Crippen LogP contribution < -0.4 is 15.8 Å². The molecular formula is C29H31FN4O8S. The van der Waals surface area contributed by atoms with E-state index in [9.17, 15) is 32.3 Å². The van der Waals surface area contributed by atoms with E-state index in [0.717, 1.165) is 6.07 Å². The Kier molecular flexibility index (Phi) is 9.19. The number of benzene rings is 2. The molecule has 0 bridgehead atoms. The van der Waals surface area contributed by atoms with Crippen molar-refractivity contribution in [2.24, 2.45) is 5.73 Å². The van der Waals surface area contributed by atoms with Crippen LogP contribution >= 0.6 is 0 Å². The highest BCUT2D eigenvalue weighted by atomic mass is 32.2. The molecule has 14 heteroatoms. The molecule has 1 aliphatic heterocycles. The molecule has 3 aromatic rings. The molecule has 228 valence electrons. The predicted octanol–water partition coefficient (Wildman–Crippen LogP) is 3.70. The maximum Gasteiger partial charge on any atom is 0.506 e. The van der Waals surface area contributed by atoms with E-state index < -0.39 is 57.1 Å². The topological polar surface area (TPSA) is 178 Å². The van der Waals surface area contributed by atoms with E-state index in [1.165, 1.54) is 68.5 Å². The third kappa shape index (κ3) is 6.53. The van der Waals surface area contributed by atoms with Crippen LogP contribution in [-0.2, 0) is 19.4 Å². The zero-order valence-electron chi connectivity index (χ0n) is 23.6. The van der Waals surface area contributed by atoms with E-state index >= 15 is 0 Å². The van der Waals surface area contributed by atoms with Gasteiger partial charge in [0.15, 0.2) is 21.4 Å². The van der Waals surface area contributed by atoms with Crippen molar-refractivity contribution in [2.45, 2.75) is 48.6 Å². The number of nitrogens with two attached hydrogens (primary N) is 1. The van der Waals surface area contributed by atoms with Gasteiger partial charge in [0.2, 0.25) is 11.8 Å². The molecule has 4 N–H and O–H groups in total. The third-order valence-corrected chi connectivity index (χ3v) is 9.30. The molecule has 43 heavy (non-hydrogen) atoms. The number of primary amides is 1. The summed E-state index contributed by atoms with van der Waals surface area (Å²) in [7, 11) is -2.65. The van der Waals surface area contributed by atoms with Crippen molar-refractivity contribution >= 4 is 33.5 Å². The smallest absolute Gasteiger partial charge is 0.494 e. The Balaban J connectivity index is 1.85. The van der Waals surface area contributed by atoms with Crippen molar-refractivity contribution in [2.75, 3.05) is 19.0 Å². The molecule has 3 atom stereocenters. The van der Waals surface area contributed by atoms with Gasteiger partial charge in [-0.2, -0.15) is 0 Å². The molecule has 1 aliphatic rings. The molecule has 2 amide bonds. The lowest BCUT2D eigenvalue weighted by Crippen LogP contribution is -2.41. The van der Waals surface area contributed by atoms with Gasteiger partial charge in [-0.15, -0.1) is 0 Å². The number of hydrogen-bond donors (Lipinski definition) is 3. The summed E-state index contributed by atoms with van der Waals surface area (Å²) in [5.41, 5.74) is 6.15. The van der Waals surface area contributed by atoms with Crippen molar-refractivity contribution in [3.05, 3.63) is 83.4 Å². The summed E-state index contributed by atoms with van der Waals surface area (Å²) in [5.74, 6) is -2.13. The number of rotatable bonds is 10. The maximum absolute atomic E-state index is 14.4. The zero-order chi connectivity index (χ0) is 31.5. The minimum Gasteiger partial charge on any atom is -0.494 e. The highest BCUT2D eigenvalue weighted by Gasteiger charge is 2.46. The van der Waals surface area contributed by atoms with Crippen LogP contribution in [-0.4, -0.2) is 66.4 Å². The van der Waals surface area contributed by atoms with Gasteiger partial charge in [0.25, 0.3) is 0 Å². The molecule has 12 nitrogen and oxygen atoms in total. The summed E-state index contributed by atoms with van der Waals surface area (Å²) in [6.07, 6.45) is -1.34. The van der Waals surface area contributed by atoms with Crippen LogP contribution in [0.5, 0.6) is 5.75 Å². The average Bonchev–Trinajstić information content (AvgIpc) is 3.38. The number of halogens is 1. The summed E-state index contributed by atoms with van der Waals surface area (Å²) in [5, 5.41) is 11.7. The molecule has 2 aromatic carbocycles. The van der Waals surface area contributed by atoms with E-state index in [0.29, 0.717) is 5.69 Å². The molecule has 1 aromatic heterocycles. The molecule has 0 spiro atoms. The first kappa shape index (κ1) is 31.2. The summed E-state index contributed by atoms with van der Waals surface area (Å²) in [6.45, 7) is 2.98. The molecule has 0 aliphatic carbocycles. The maximum atomic E-state index is 14.4. The number of nitrogens with one attached hydrogen (secondary N) is 1. The number of nitrogens with zero attached hydrogens (tertiary/aromatic N) is 2. The van der Waals surface area contributed by atoms with Gasteiger partial charge in [0, 0.05) is 30.4 Å². The lowest BCUT2D eigenvalue weighted by molar-refractivity contribution is -0.134. The molecule has 1 saturated heterocycles. The van der Waals surface area contributed by atoms with Crippen molar-refractivity contribution in [1.29, 1.82) is 0 Å². The average molecular weight is 615 g/mol. The minimum absolute atomic E-state index is 0.0168. The number of anilines is 1. The van der Waals surface area contributed by atoms with Gasteiger partial charge >= 0.3 is 6.16 Å². The Labute approximate surface area is 247 Å². The first-order valence-electron chi connectivity index (χ1n) is 13.2. The van der Waals surface area contributed by atoms with Crippen molar-refractivity contribution < 1.29 is 41.8 Å². The number of sulfone groups is 1. The van der Waals surface area contributed by atoms with Gasteiger partial charge < -0.3 is 30.5 Å².